The van der Waals surface area contributed by atoms with Gasteiger partial charge in [0.25, 0.3) is 5.91 Å². The quantitative estimate of drug-likeness (QED) is 0.654. The third-order valence-corrected chi connectivity index (χ3v) is 10.6. The van der Waals surface area contributed by atoms with Crippen LogP contribution in [0.4, 0.5) is 11.4 Å². The fraction of sp³-hybridized carbons (Fsp3) is 0.692. The minimum absolute atomic E-state index is 0.0213. The van der Waals surface area contributed by atoms with E-state index in [9.17, 15) is 18.0 Å². The maximum absolute atomic E-state index is 13.5. The zero-order chi connectivity index (χ0) is 24.1. The van der Waals surface area contributed by atoms with Crippen molar-refractivity contribution in [2.24, 2.45) is 16.7 Å². The first-order valence-electron chi connectivity index (χ1n) is 12.9. The standard InChI is InChI=1S/C26H37N3O4S/c1-25(2)19-10-11-26(25,23(30)16-19)18-34(32,33)27-20-8-9-22(28-12-6-7-13-28)21(17-20)24(31)29-14-4-3-5-15-29/h8-9,17,19,27H,3-7,10-16,18H2,1-2H3. The van der Waals surface area contributed by atoms with Gasteiger partial charge in [-0.2, -0.15) is 0 Å². The lowest BCUT2D eigenvalue weighted by Gasteiger charge is -2.36. The zero-order valence-corrected chi connectivity index (χ0v) is 21.3. The molecule has 2 unspecified atom stereocenters. The first-order valence-corrected chi connectivity index (χ1v) is 14.5. The van der Waals surface area contributed by atoms with Crippen molar-refractivity contribution in [2.75, 3.05) is 41.6 Å². The third-order valence-electron chi connectivity index (χ3n) is 9.17. The number of ketones is 1. The molecule has 1 aromatic rings. The highest BCUT2D eigenvalue weighted by Gasteiger charge is 2.65. The Labute approximate surface area is 203 Å². The van der Waals surface area contributed by atoms with Crippen molar-refractivity contribution in [3.63, 3.8) is 0 Å². The molecule has 2 heterocycles. The molecule has 2 atom stereocenters. The summed E-state index contributed by atoms with van der Waals surface area (Å²) in [6.45, 7) is 7.40. The summed E-state index contributed by atoms with van der Waals surface area (Å²) >= 11 is 0. The summed E-state index contributed by atoms with van der Waals surface area (Å²) in [5.41, 5.74) is 0.734. The minimum Gasteiger partial charge on any atom is -0.371 e. The molecule has 1 aromatic carbocycles. The SMILES string of the molecule is CC1(C)C2CCC1(CS(=O)(=O)Nc1ccc(N3CCCC3)c(C(=O)N3CCCCC3)c1)C(=O)C2. The van der Waals surface area contributed by atoms with E-state index in [1.165, 1.54) is 0 Å². The predicted octanol–water partition coefficient (Wildman–Crippen LogP) is 4.05. The van der Waals surface area contributed by atoms with Gasteiger partial charge in [0.1, 0.15) is 5.78 Å². The van der Waals surface area contributed by atoms with Gasteiger partial charge in [-0.25, -0.2) is 8.42 Å². The number of Topliss-reactive ketones (excluding diaryl/α,β-unsaturated/α-hetero) is 1. The number of carbonyl (C=O) groups is 2. The molecule has 8 heteroatoms. The maximum Gasteiger partial charge on any atom is 0.256 e. The summed E-state index contributed by atoms with van der Waals surface area (Å²) in [6.07, 6.45) is 7.37. The Hall–Kier alpha value is -2.09. The number of rotatable bonds is 6. The fourth-order valence-corrected chi connectivity index (χ4v) is 8.80. The summed E-state index contributed by atoms with van der Waals surface area (Å²) < 4.78 is 29.4. The fourth-order valence-electron chi connectivity index (χ4n) is 6.92. The van der Waals surface area contributed by atoms with Crippen molar-refractivity contribution in [3.8, 4) is 0 Å². The number of sulfonamides is 1. The molecule has 1 N–H and O–H groups in total. The number of nitrogens with one attached hydrogen (secondary N) is 1. The van der Waals surface area contributed by atoms with E-state index < -0.39 is 15.4 Å². The van der Waals surface area contributed by atoms with Crippen LogP contribution in [0.5, 0.6) is 0 Å². The molecule has 34 heavy (non-hydrogen) atoms. The van der Waals surface area contributed by atoms with Gasteiger partial charge in [0.15, 0.2) is 0 Å². The van der Waals surface area contributed by atoms with Gasteiger partial charge >= 0.3 is 0 Å². The van der Waals surface area contributed by atoms with E-state index in [2.05, 4.69) is 9.62 Å². The highest BCUT2D eigenvalue weighted by molar-refractivity contribution is 7.92. The second-order valence-corrected chi connectivity index (χ2v) is 13.0. The van der Waals surface area contributed by atoms with Gasteiger partial charge < -0.3 is 9.80 Å². The largest absolute Gasteiger partial charge is 0.371 e. The molecule has 2 saturated heterocycles. The van der Waals surface area contributed by atoms with Crippen LogP contribution in [-0.2, 0) is 14.8 Å². The number of carbonyl (C=O) groups excluding carboxylic acids is 2. The first-order chi connectivity index (χ1) is 16.1. The summed E-state index contributed by atoms with van der Waals surface area (Å²) in [6, 6.07) is 5.35. The Morgan fingerprint density at radius 3 is 2.35 bits per heavy atom. The average Bonchev–Trinajstić information content (AvgIpc) is 3.46. The molecule has 4 aliphatic rings. The summed E-state index contributed by atoms with van der Waals surface area (Å²) in [5.74, 6) is 0.145. The number of nitrogens with zero attached hydrogens (tertiary/aromatic N) is 2. The van der Waals surface area contributed by atoms with Crippen molar-refractivity contribution in [3.05, 3.63) is 23.8 Å². The van der Waals surface area contributed by atoms with Crippen LogP contribution in [0.1, 0.15) is 75.6 Å². The number of piperidine rings is 1. The Kier molecular flexibility index (Phi) is 5.94. The Bertz CT molecular complexity index is 1090. The molecular formula is C26H37N3O4S. The molecular weight excluding hydrogens is 450 g/mol. The summed E-state index contributed by atoms with van der Waals surface area (Å²) in [7, 11) is -3.77. The van der Waals surface area contributed by atoms with Gasteiger partial charge in [-0.3, -0.25) is 14.3 Å². The van der Waals surface area contributed by atoms with Crippen LogP contribution in [0.3, 0.4) is 0 Å². The molecule has 2 saturated carbocycles. The van der Waals surface area contributed by atoms with Crippen molar-refractivity contribution in [1.29, 1.82) is 0 Å². The average molecular weight is 488 g/mol. The van der Waals surface area contributed by atoms with Crippen LogP contribution in [0.15, 0.2) is 18.2 Å². The van der Waals surface area contributed by atoms with Crippen LogP contribution in [0.2, 0.25) is 0 Å². The number of anilines is 2. The van der Waals surface area contributed by atoms with E-state index in [0.29, 0.717) is 24.1 Å². The van der Waals surface area contributed by atoms with Gasteiger partial charge in [0, 0.05) is 44.0 Å². The lowest BCUT2D eigenvalue weighted by Crippen LogP contribution is -2.43. The molecule has 2 bridgehead atoms. The number of benzene rings is 1. The number of hydrogen-bond donors (Lipinski definition) is 1. The third kappa shape index (κ3) is 3.91. The minimum atomic E-state index is -3.77. The second-order valence-electron chi connectivity index (χ2n) is 11.3. The molecule has 0 radical (unpaired) electrons. The van der Waals surface area contributed by atoms with Crippen molar-refractivity contribution in [2.45, 2.75) is 65.2 Å². The highest BCUT2D eigenvalue weighted by atomic mass is 32.2. The van der Waals surface area contributed by atoms with Gasteiger partial charge in [-0.05, 0) is 74.5 Å². The maximum atomic E-state index is 13.5. The van der Waals surface area contributed by atoms with E-state index >= 15 is 0 Å². The van der Waals surface area contributed by atoms with E-state index in [0.717, 1.165) is 70.4 Å². The van der Waals surface area contributed by atoms with Gasteiger partial charge in [-0.1, -0.05) is 13.8 Å². The van der Waals surface area contributed by atoms with Crippen molar-refractivity contribution >= 4 is 33.1 Å². The smallest absolute Gasteiger partial charge is 0.256 e. The Balaban J connectivity index is 1.42. The molecule has 2 aliphatic heterocycles. The number of fused-ring (bicyclic) bond motifs is 2. The van der Waals surface area contributed by atoms with Crippen LogP contribution >= 0.6 is 0 Å². The molecule has 2 aliphatic carbocycles. The lowest BCUT2D eigenvalue weighted by atomic mass is 9.70. The summed E-state index contributed by atoms with van der Waals surface area (Å²) in [5, 5.41) is 0. The van der Waals surface area contributed by atoms with E-state index in [-0.39, 0.29) is 28.8 Å². The van der Waals surface area contributed by atoms with Crippen LogP contribution in [-0.4, -0.2) is 56.9 Å². The molecule has 7 nitrogen and oxygen atoms in total. The van der Waals surface area contributed by atoms with Gasteiger partial charge in [0.2, 0.25) is 10.0 Å². The zero-order valence-electron chi connectivity index (χ0n) is 20.4. The van der Waals surface area contributed by atoms with Gasteiger partial charge in [-0.15, -0.1) is 0 Å². The van der Waals surface area contributed by atoms with Crippen molar-refractivity contribution < 1.29 is 18.0 Å². The van der Waals surface area contributed by atoms with E-state index in [1.807, 2.05) is 24.8 Å². The second kappa shape index (κ2) is 8.54. The first kappa shape index (κ1) is 23.6. The Morgan fingerprint density at radius 2 is 1.74 bits per heavy atom. The number of likely N-dealkylation sites (tertiary alicyclic amines) is 1. The molecule has 186 valence electrons. The van der Waals surface area contributed by atoms with Crippen LogP contribution < -0.4 is 9.62 Å². The molecule has 4 fully saturated rings. The van der Waals surface area contributed by atoms with E-state index in [1.54, 1.807) is 12.1 Å². The normalized spacial score (nSPS) is 28.5. The Morgan fingerprint density at radius 1 is 1.06 bits per heavy atom. The van der Waals surface area contributed by atoms with Gasteiger partial charge in [0.05, 0.1) is 16.7 Å². The van der Waals surface area contributed by atoms with Crippen LogP contribution in [0.25, 0.3) is 0 Å². The monoisotopic (exact) mass is 487 g/mol. The van der Waals surface area contributed by atoms with Crippen molar-refractivity contribution in [1.82, 2.24) is 4.90 Å². The van der Waals surface area contributed by atoms with Crippen LogP contribution in [0, 0.1) is 16.7 Å². The molecule has 0 aromatic heterocycles. The molecule has 5 rings (SSSR count). The topological polar surface area (TPSA) is 86.8 Å². The predicted molar refractivity (Wildman–Crippen MR) is 134 cm³/mol. The molecule has 1 amide bonds. The number of hydrogen-bond acceptors (Lipinski definition) is 5. The summed E-state index contributed by atoms with van der Waals surface area (Å²) in [4.78, 5) is 30.5. The molecule has 0 spiro atoms. The van der Waals surface area contributed by atoms with E-state index in [4.69, 9.17) is 0 Å². The number of amides is 1. The lowest BCUT2D eigenvalue weighted by molar-refractivity contribution is -0.128. The highest BCUT2D eigenvalue weighted by Crippen LogP contribution is 2.64.